The van der Waals surface area contributed by atoms with Crippen LogP contribution in [-0.4, -0.2) is 17.7 Å². The molecule has 0 heterocycles. The molecule has 0 aliphatic heterocycles. The zero-order valence-corrected chi connectivity index (χ0v) is 12.3. The van der Waals surface area contributed by atoms with Crippen molar-refractivity contribution in [1.82, 2.24) is 0 Å². The van der Waals surface area contributed by atoms with Crippen LogP contribution in [0, 0.1) is 0 Å². The van der Waals surface area contributed by atoms with Crippen LogP contribution < -0.4 is 4.74 Å². The fourth-order valence-corrected chi connectivity index (χ4v) is 2.18. The molecule has 0 saturated heterocycles. The van der Waals surface area contributed by atoms with Crippen molar-refractivity contribution in [2.45, 2.75) is 5.92 Å². The highest BCUT2D eigenvalue weighted by Gasteiger charge is 2.32. The Morgan fingerprint density at radius 1 is 1.19 bits per heavy atom. The Morgan fingerprint density at radius 3 is 2.43 bits per heavy atom. The van der Waals surface area contributed by atoms with E-state index in [1.54, 1.807) is 6.07 Å². The lowest BCUT2D eigenvalue weighted by Crippen LogP contribution is -2.23. The molecule has 2 rings (SSSR count). The third-order valence-electron chi connectivity index (χ3n) is 2.78. The van der Waals surface area contributed by atoms with Crippen molar-refractivity contribution in [3.05, 3.63) is 64.1 Å². The zero-order valence-electron chi connectivity index (χ0n) is 10.7. The Bertz CT molecular complexity index is 645. The van der Waals surface area contributed by atoms with Crippen LogP contribution in [0.4, 0.5) is 8.78 Å². The summed E-state index contributed by atoms with van der Waals surface area (Å²) in [6.07, 6.45) is 0. The predicted molar refractivity (Wildman–Crippen MR) is 76.9 cm³/mol. The number of carboxylic acid groups (broad SMARTS) is 1. The van der Waals surface area contributed by atoms with Gasteiger partial charge in [-0.25, -0.2) is 4.79 Å². The first-order chi connectivity index (χ1) is 9.90. The van der Waals surface area contributed by atoms with Gasteiger partial charge in [-0.3, -0.25) is 0 Å². The van der Waals surface area contributed by atoms with Crippen LogP contribution >= 0.6 is 15.9 Å². The summed E-state index contributed by atoms with van der Waals surface area (Å²) >= 11 is 3.11. The molecule has 0 saturated carbocycles. The molecule has 6 heteroatoms. The van der Waals surface area contributed by atoms with Crippen LogP contribution in [0.2, 0.25) is 0 Å². The fraction of sp³-hybridized carbons (Fsp3) is 0.133. The van der Waals surface area contributed by atoms with Gasteiger partial charge < -0.3 is 9.84 Å². The molecule has 0 aromatic heterocycles. The Kier molecular flexibility index (Phi) is 4.57. The van der Waals surface area contributed by atoms with Gasteiger partial charge in [-0.05, 0) is 34.1 Å². The molecule has 0 aliphatic rings. The smallest absolute Gasteiger partial charge is 0.335 e. The molecule has 0 atom stereocenters. The van der Waals surface area contributed by atoms with Crippen LogP contribution in [-0.2, 0) is 5.92 Å². The van der Waals surface area contributed by atoms with E-state index < -0.39 is 18.5 Å². The summed E-state index contributed by atoms with van der Waals surface area (Å²) in [6.45, 7) is -0.831. The van der Waals surface area contributed by atoms with Crippen LogP contribution in [0.1, 0.15) is 15.9 Å². The van der Waals surface area contributed by atoms with Gasteiger partial charge in [0.15, 0.2) is 6.61 Å². The lowest BCUT2D eigenvalue weighted by molar-refractivity contribution is -0.0469. The molecule has 3 nitrogen and oxygen atoms in total. The van der Waals surface area contributed by atoms with Gasteiger partial charge in [-0.1, -0.05) is 30.3 Å². The summed E-state index contributed by atoms with van der Waals surface area (Å²) < 4.78 is 33.3. The normalized spacial score (nSPS) is 11.2. The van der Waals surface area contributed by atoms with E-state index in [1.807, 2.05) is 0 Å². The highest BCUT2D eigenvalue weighted by atomic mass is 79.9. The molecule has 0 unspecified atom stereocenters. The monoisotopic (exact) mass is 356 g/mol. The van der Waals surface area contributed by atoms with Crippen LogP contribution in [0.15, 0.2) is 53.0 Å². The molecule has 2 aromatic carbocycles. The highest BCUT2D eigenvalue weighted by molar-refractivity contribution is 9.10. The SMILES string of the molecule is O=C(O)c1ccc(OCC(F)(F)c2ccccc2)c(Br)c1. The minimum Gasteiger partial charge on any atom is -0.486 e. The number of ether oxygens (including phenoxy) is 1. The second kappa shape index (κ2) is 6.22. The molecule has 110 valence electrons. The standard InChI is InChI=1S/C15H11BrF2O3/c16-12-8-10(14(19)20)6-7-13(12)21-9-15(17,18)11-4-2-1-3-5-11/h1-8H,9H2,(H,19,20). The van der Waals surface area contributed by atoms with E-state index in [1.165, 1.54) is 42.5 Å². The Labute approximate surface area is 128 Å². The number of alkyl halides is 2. The Morgan fingerprint density at radius 2 is 1.86 bits per heavy atom. The Balaban J connectivity index is 2.11. The molecule has 0 amide bonds. The molecule has 0 aliphatic carbocycles. The molecule has 0 spiro atoms. The molecule has 1 N–H and O–H groups in total. The summed E-state index contributed by atoms with van der Waals surface area (Å²) in [7, 11) is 0. The van der Waals surface area contributed by atoms with Crippen molar-refractivity contribution in [2.24, 2.45) is 0 Å². The van der Waals surface area contributed by atoms with Gasteiger partial charge in [0.1, 0.15) is 5.75 Å². The quantitative estimate of drug-likeness (QED) is 0.867. The van der Waals surface area contributed by atoms with Crippen molar-refractivity contribution < 1.29 is 23.4 Å². The van der Waals surface area contributed by atoms with Crippen molar-refractivity contribution in [3.8, 4) is 5.75 Å². The topological polar surface area (TPSA) is 46.5 Å². The first-order valence-corrected chi connectivity index (χ1v) is 6.78. The molecular formula is C15H11BrF2O3. The maximum Gasteiger partial charge on any atom is 0.335 e. The lowest BCUT2D eigenvalue weighted by Gasteiger charge is -2.18. The predicted octanol–water partition coefficient (Wildman–Crippen LogP) is 4.32. The number of halogens is 3. The van der Waals surface area contributed by atoms with Crippen molar-refractivity contribution >= 4 is 21.9 Å². The summed E-state index contributed by atoms with van der Waals surface area (Å²) in [5.74, 6) is -4.07. The number of hydrogen-bond acceptors (Lipinski definition) is 2. The van der Waals surface area contributed by atoms with Crippen molar-refractivity contribution in [1.29, 1.82) is 0 Å². The minimum absolute atomic E-state index is 0.0454. The van der Waals surface area contributed by atoms with Gasteiger partial charge in [-0.15, -0.1) is 0 Å². The highest BCUT2D eigenvalue weighted by Crippen LogP contribution is 2.31. The summed E-state index contributed by atoms with van der Waals surface area (Å²) in [6, 6.07) is 11.3. The maximum absolute atomic E-state index is 13.9. The van der Waals surface area contributed by atoms with Gasteiger partial charge in [-0.2, -0.15) is 8.78 Å². The van der Waals surface area contributed by atoms with Crippen molar-refractivity contribution in [3.63, 3.8) is 0 Å². The number of carbonyl (C=O) groups is 1. The molecule has 0 fully saturated rings. The summed E-state index contributed by atoms with van der Waals surface area (Å²) in [5.41, 5.74) is -0.0904. The van der Waals surface area contributed by atoms with E-state index in [0.29, 0.717) is 4.47 Å². The van der Waals surface area contributed by atoms with Gasteiger partial charge in [0, 0.05) is 5.56 Å². The number of rotatable bonds is 5. The van der Waals surface area contributed by atoms with E-state index in [4.69, 9.17) is 9.84 Å². The second-order valence-corrected chi connectivity index (χ2v) is 5.16. The largest absolute Gasteiger partial charge is 0.486 e. The van der Waals surface area contributed by atoms with Gasteiger partial charge in [0.2, 0.25) is 0 Å². The van der Waals surface area contributed by atoms with E-state index in [-0.39, 0.29) is 16.9 Å². The third kappa shape index (κ3) is 3.78. The molecule has 0 bridgehead atoms. The van der Waals surface area contributed by atoms with Gasteiger partial charge >= 0.3 is 11.9 Å². The first-order valence-electron chi connectivity index (χ1n) is 5.99. The van der Waals surface area contributed by atoms with E-state index >= 15 is 0 Å². The van der Waals surface area contributed by atoms with Gasteiger partial charge in [0.25, 0.3) is 0 Å². The molecule has 0 radical (unpaired) electrons. The first kappa shape index (κ1) is 15.4. The Hall–Kier alpha value is -1.95. The average molecular weight is 357 g/mol. The number of aromatic carboxylic acids is 1. The summed E-state index contributed by atoms with van der Waals surface area (Å²) in [5, 5.41) is 8.83. The van der Waals surface area contributed by atoms with Crippen LogP contribution in [0.25, 0.3) is 0 Å². The maximum atomic E-state index is 13.9. The zero-order chi connectivity index (χ0) is 15.5. The van der Waals surface area contributed by atoms with Crippen molar-refractivity contribution in [2.75, 3.05) is 6.61 Å². The average Bonchev–Trinajstić information content (AvgIpc) is 2.46. The molecular weight excluding hydrogens is 346 g/mol. The third-order valence-corrected chi connectivity index (χ3v) is 3.40. The lowest BCUT2D eigenvalue weighted by atomic mass is 10.1. The molecule has 2 aromatic rings. The van der Waals surface area contributed by atoms with E-state index in [9.17, 15) is 13.6 Å². The van der Waals surface area contributed by atoms with Crippen LogP contribution in [0.5, 0.6) is 5.75 Å². The number of carboxylic acids is 1. The van der Waals surface area contributed by atoms with E-state index in [2.05, 4.69) is 15.9 Å². The molecule has 21 heavy (non-hydrogen) atoms. The summed E-state index contributed by atoms with van der Waals surface area (Å²) in [4.78, 5) is 10.8. The van der Waals surface area contributed by atoms with Gasteiger partial charge in [0.05, 0.1) is 10.0 Å². The van der Waals surface area contributed by atoms with E-state index in [0.717, 1.165) is 0 Å². The minimum atomic E-state index is -3.13. The number of hydrogen-bond donors (Lipinski definition) is 1. The second-order valence-electron chi connectivity index (χ2n) is 4.31. The number of benzene rings is 2. The fourth-order valence-electron chi connectivity index (χ4n) is 1.68. The van der Waals surface area contributed by atoms with Crippen LogP contribution in [0.3, 0.4) is 0 Å².